The van der Waals surface area contributed by atoms with Crippen LogP contribution >= 0.6 is 27.5 Å². The molecule has 0 aliphatic heterocycles. The molecule has 24 heavy (non-hydrogen) atoms. The minimum atomic E-state index is -0.380. The van der Waals surface area contributed by atoms with Gasteiger partial charge in [0.05, 0.1) is 10.2 Å². The van der Waals surface area contributed by atoms with Gasteiger partial charge in [0.2, 0.25) is 0 Å². The van der Waals surface area contributed by atoms with Crippen molar-refractivity contribution < 1.29 is 4.39 Å². The molecule has 0 aliphatic carbocycles. The molecule has 118 valence electrons. The first-order valence-corrected chi connectivity index (χ1v) is 8.08. The number of halogens is 3. The summed E-state index contributed by atoms with van der Waals surface area (Å²) in [7, 11) is 0. The summed E-state index contributed by atoms with van der Waals surface area (Å²) < 4.78 is 13.8. The van der Waals surface area contributed by atoms with Gasteiger partial charge in [-0.1, -0.05) is 29.8 Å². The predicted molar refractivity (Wildman–Crippen MR) is 96.9 cm³/mol. The summed E-state index contributed by atoms with van der Waals surface area (Å²) in [5.41, 5.74) is 8.82. The summed E-state index contributed by atoms with van der Waals surface area (Å²) >= 11 is 9.19. The Morgan fingerprint density at radius 1 is 1.12 bits per heavy atom. The second-order valence-corrected chi connectivity index (χ2v) is 6.36. The Morgan fingerprint density at radius 2 is 1.92 bits per heavy atom. The first-order chi connectivity index (χ1) is 11.5. The Balaban J connectivity index is 2.24. The maximum absolute atomic E-state index is 13.5. The van der Waals surface area contributed by atoms with E-state index >= 15 is 0 Å². The fourth-order valence-corrected chi connectivity index (χ4v) is 2.94. The van der Waals surface area contributed by atoms with Crippen LogP contribution in [0.5, 0.6) is 0 Å². The van der Waals surface area contributed by atoms with Crippen LogP contribution in [0.2, 0.25) is 5.02 Å². The van der Waals surface area contributed by atoms with E-state index in [4.69, 9.17) is 17.3 Å². The lowest BCUT2D eigenvalue weighted by Gasteiger charge is -2.11. The highest BCUT2D eigenvalue weighted by Gasteiger charge is 2.14. The average Bonchev–Trinajstić information content (AvgIpc) is 2.56. The van der Waals surface area contributed by atoms with Crippen LogP contribution < -0.4 is 5.73 Å². The predicted octanol–water partition coefficient (Wildman–Crippen LogP) is 5.42. The van der Waals surface area contributed by atoms with E-state index in [-0.39, 0.29) is 17.2 Å². The third-order valence-electron chi connectivity index (χ3n) is 3.51. The molecule has 0 saturated carbocycles. The number of hydrogen-bond acceptors (Lipinski definition) is 3. The fraction of sp³-hybridized carbons (Fsp3) is 0. The van der Waals surface area contributed by atoms with Crippen LogP contribution in [0.25, 0.3) is 22.4 Å². The molecule has 0 fully saturated rings. The number of hydrogen-bond donors (Lipinski definition) is 1. The van der Waals surface area contributed by atoms with Crippen molar-refractivity contribution in [2.45, 2.75) is 0 Å². The van der Waals surface area contributed by atoms with E-state index in [1.54, 1.807) is 30.3 Å². The summed E-state index contributed by atoms with van der Waals surface area (Å²) in [5.74, 6) is -0.264. The SMILES string of the molecule is N#Cc1c(-c2ccc(F)c(Br)c2)cc(-c2cccc(Cl)c2)nc1N. The van der Waals surface area contributed by atoms with Crippen molar-refractivity contribution in [3.05, 3.63) is 69.4 Å². The molecule has 2 N–H and O–H groups in total. The van der Waals surface area contributed by atoms with Crippen LogP contribution in [-0.4, -0.2) is 4.98 Å². The molecule has 1 aromatic heterocycles. The lowest BCUT2D eigenvalue weighted by Crippen LogP contribution is -2.00. The fourth-order valence-electron chi connectivity index (χ4n) is 2.37. The van der Waals surface area contributed by atoms with E-state index in [1.807, 2.05) is 12.1 Å². The lowest BCUT2D eigenvalue weighted by atomic mass is 9.98. The maximum Gasteiger partial charge on any atom is 0.142 e. The van der Waals surface area contributed by atoms with E-state index < -0.39 is 0 Å². The summed E-state index contributed by atoms with van der Waals surface area (Å²) in [6.07, 6.45) is 0. The third kappa shape index (κ3) is 3.12. The van der Waals surface area contributed by atoms with E-state index in [1.165, 1.54) is 6.07 Å². The van der Waals surface area contributed by atoms with Crippen molar-refractivity contribution in [1.82, 2.24) is 4.98 Å². The quantitative estimate of drug-likeness (QED) is 0.622. The zero-order valence-corrected chi connectivity index (χ0v) is 14.6. The molecule has 0 spiro atoms. The number of anilines is 1. The van der Waals surface area contributed by atoms with E-state index in [0.717, 1.165) is 5.56 Å². The number of rotatable bonds is 2. The van der Waals surface area contributed by atoms with Crippen molar-refractivity contribution in [3.63, 3.8) is 0 Å². The highest BCUT2D eigenvalue weighted by Crippen LogP contribution is 2.33. The number of nitrogen functional groups attached to an aromatic ring is 1. The van der Waals surface area contributed by atoms with Crippen LogP contribution in [0.3, 0.4) is 0 Å². The second kappa shape index (κ2) is 6.60. The van der Waals surface area contributed by atoms with Gasteiger partial charge in [0.1, 0.15) is 23.3 Å². The Hall–Kier alpha value is -2.42. The second-order valence-electron chi connectivity index (χ2n) is 5.07. The van der Waals surface area contributed by atoms with Gasteiger partial charge >= 0.3 is 0 Å². The van der Waals surface area contributed by atoms with Gasteiger partial charge < -0.3 is 5.73 Å². The largest absolute Gasteiger partial charge is 0.383 e. The topological polar surface area (TPSA) is 62.7 Å². The Bertz CT molecular complexity index is 982. The van der Waals surface area contributed by atoms with Crippen LogP contribution in [0.15, 0.2) is 53.0 Å². The molecule has 0 aliphatic rings. The number of nitrogens with two attached hydrogens (primary N) is 1. The summed E-state index contributed by atoms with van der Waals surface area (Å²) in [6.45, 7) is 0. The minimum Gasteiger partial charge on any atom is -0.383 e. The van der Waals surface area contributed by atoms with Gasteiger partial charge in [-0.25, -0.2) is 9.37 Å². The molecule has 3 nitrogen and oxygen atoms in total. The Labute approximate surface area is 151 Å². The molecule has 0 bridgehead atoms. The molecule has 2 aromatic carbocycles. The molecule has 0 unspecified atom stereocenters. The molecular formula is C18H10BrClFN3. The van der Waals surface area contributed by atoms with Gasteiger partial charge in [-0.05, 0) is 51.8 Å². The zero-order chi connectivity index (χ0) is 17.3. The standard InChI is InChI=1S/C18H10BrClFN3/c19-15-7-10(4-5-16(15)21)13-8-17(24-18(23)14(13)9-22)11-2-1-3-12(20)6-11/h1-8H,(H2,23,24). The van der Waals surface area contributed by atoms with Crippen molar-refractivity contribution in [3.8, 4) is 28.5 Å². The van der Waals surface area contributed by atoms with Crippen molar-refractivity contribution in [1.29, 1.82) is 5.26 Å². The molecule has 0 radical (unpaired) electrons. The van der Waals surface area contributed by atoms with Gasteiger partial charge in [0, 0.05) is 16.1 Å². The third-order valence-corrected chi connectivity index (χ3v) is 4.35. The van der Waals surface area contributed by atoms with Gasteiger partial charge in [-0.3, -0.25) is 0 Å². The number of pyridine rings is 1. The first kappa shape index (κ1) is 16.4. The van der Waals surface area contributed by atoms with E-state index in [2.05, 4.69) is 27.0 Å². The van der Waals surface area contributed by atoms with Gasteiger partial charge in [-0.2, -0.15) is 5.26 Å². The maximum atomic E-state index is 13.5. The first-order valence-electron chi connectivity index (χ1n) is 6.91. The van der Waals surface area contributed by atoms with Gasteiger partial charge in [0.15, 0.2) is 0 Å². The molecule has 0 amide bonds. The van der Waals surface area contributed by atoms with Gasteiger partial charge in [-0.15, -0.1) is 0 Å². The van der Waals surface area contributed by atoms with Crippen molar-refractivity contribution >= 4 is 33.3 Å². The Kier molecular flexibility index (Phi) is 4.52. The summed E-state index contributed by atoms with van der Waals surface area (Å²) in [6, 6.07) is 15.5. The summed E-state index contributed by atoms with van der Waals surface area (Å²) in [5, 5.41) is 9.99. The molecule has 6 heteroatoms. The molecule has 3 aromatic rings. The van der Waals surface area contributed by atoms with Crippen molar-refractivity contribution in [2.75, 3.05) is 5.73 Å². The minimum absolute atomic E-state index is 0.116. The highest BCUT2D eigenvalue weighted by atomic mass is 79.9. The molecule has 1 heterocycles. The van der Waals surface area contributed by atoms with Crippen LogP contribution in [0.4, 0.5) is 10.2 Å². The molecular weight excluding hydrogens is 393 g/mol. The number of nitrogens with zero attached hydrogens (tertiary/aromatic N) is 2. The number of aromatic nitrogens is 1. The molecule has 0 atom stereocenters. The zero-order valence-electron chi connectivity index (χ0n) is 12.2. The van der Waals surface area contributed by atoms with E-state index in [9.17, 15) is 9.65 Å². The lowest BCUT2D eigenvalue weighted by molar-refractivity contribution is 0.621. The smallest absolute Gasteiger partial charge is 0.142 e. The van der Waals surface area contributed by atoms with Crippen LogP contribution in [0, 0.1) is 17.1 Å². The number of nitriles is 1. The normalized spacial score (nSPS) is 10.4. The van der Waals surface area contributed by atoms with Crippen LogP contribution in [-0.2, 0) is 0 Å². The molecule has 0 saturated heterocycles. The molecule has 3 rings (SSSR count). The van der Waals surface area contributed by atoms with Crippen LogP contribution in [0.1, 0.15) is 5.56 Å². The van der Waals surface area contributed by atoms with Crippen molar-refractivity contribution in [2.24, 2.45) is 0 Å². The average molecular weight is 403 g/mol. The number of benzene rings is 2. The van der Waals surface area contributed by atoms with E-state index in [0.29, 0.717) is 26.3 Å². The summed E-state index contributed by atoms with van der Waals surface area (Å²) in [4.78, 5) is 4.29. The Morgan fingerprint density at radius 3 is 2.58 bits per heavy atom. The van der Waals surface area contributed by atoms with Gasteiger partial charge in [0.25, 0.3) is 0 Å². The monoisotopic (exact) mass is 401 g/mol. The highest BCUT2D eigenvalue weighted by molar-refractivity contribution is 9.10.